The lowest BCUT2D eigenvalue weighted by Gasteiger charge is -2.12. The number of ketones is 1. The zero-order valence-corrected chi connectivity index (χ0v) is 19.3. The van der Waals surface area contributed by atoms with Crippen molar-refractivity contribution in [2.45, 2.75) is 46.3 Å². The third kappa shape index (κ3) is 8.14. The quantitative estimate of drug-likeness (QED) is 0.286. The van der Waals surface area contributed by atoms with Crippen molar-refractivity contribution in [3.8, 4) is 5.75 Å². The fourth-order valence-corrected chi connectivity index (χ4v) is 3.57. The van der Waals surface area contributed by atoms with Crippen molar-refractivity contribution in [1.29, 1.82) is 0 Å². The van der Waals surface area contributed by atoms with Gasteiger partial charge < -0.3 is 20.1 Å². The first-order chi connectivity index (χ1) is 15.3. The molecule has 9 heteroatoms. The Kier molecular flexibility index (Phi) is 9.87. The van der Waals surface area contributed by atoms with E-state index < -0.39 is 18.0 Å². The monoisotopic (exact) mass is 460 g/mol. The molecule has 0 aliphatic heterocycles. The number of carbonyl (C=O) groups is 4. The number of unbranched alkanes of at least 4 members (excludes halogenated alkanes) is 1. The minimum absolute atomic E-state index is 0.160. The molecule has 1 aromatic heterocycles. The van der Waals surface area contributed by atoms with Gasteiger partial charge in [-0.05, 0) is 49.7 Å². The summed E-state index contributed by atoms with van der Waals surface area (Å²) in [7, 11) is 0. The second kappa shape index (κ2) is 12.6. The molecule has 2 amide bonds. The number of nitrogens with one attached hydrogen (secondary N) is 2. The van der Waals surface area contributed by atoms with Gasteiger partial charge in [0.05, 0.1) is 18.0 Å². The molecule has 2 aromatic rings. The van der Waals surface area contributed by atoms with Crippen LogP contribution in [0.4, 0.5) is 0 Å². The Labute approximate surface area is 191 Å². The Hall–Kier alpha value is -3.20. The van der Waals surface area contributed by atoms with Gasteiger partial charge in [0.25, 0.3) is 5.91 Å². The number of Topliss-reactive ketones (excluding diaryl/α,β-unsaturated/α-hetero) is 1. The fourth-order valence-electron chi connectivity index (χ4n) is 2.60. The summed E-state index contributed by atoms with van der Waals surface area (Å²) < 4.78 is 10.7. The molecule has 0 saturated heterocycles. The van der Waals surface area contributed by atoms with Gasteiger partial charge in [-0.25, -0.2) is 0 Å². The molecule has 2 rings (SSSR count). The molecule has 0 aliphatic rings. The lowest BCUT2D eigenvalue weighted by molar-refractivity contribution is -0.145. The van der Waals surface area contributed by atoms with Gasteiger partial charge in [-0.2, -0.15) is 0 Å². The number of amides is 2. The van der Waals surface area contributed by atoms with E-state index in [-0.39, 0.29) is 18.2 Å². The van der Waals surface area contributed by atoms with Crippen molar-refractivity contribution in [1.82, 2.24) is 10.6 Å². The zero-order valence-electron chi connectivity index (χ0n) is 18.4. The molecule has 1 heterocycles. The maximum absolute atomic E-state index is 12.5. The Morgan fingerprint density at radius 3 is 2.41 bits per heavy atom. The molecule has 8 nitrogen and oxygen atoms in total. The summed E-state index contributed by atoms with van der Waals surface area (Å²) in [5, 5.41) is 5.14. The molecule has 172 valence electrons. The van der Waals surface area contributed by atoms with Gasteiger partial charge in [-0.1, -0.05) is 13.3 Å². The van der Waals surface area contributed by atoms with Gasteiger partial charge in [-0.15, -0.1) is 11.3 Å². The van der Waals surface area contributed by atoms with Crippen LogP contribution in [0.1, 0.15) is 58.5 Å². The molecule has 0 fully saturated rings. The minimum Gasteiger partial charge on any atom is -0.494 e. The third-order valence-corrected chi connectivity index (χ3v) is 5.47. The zero-order chi connectivity index (χ0) is 23.5. The number of thiophene rings is 1. The normalized spacial score (nSPS) is 11.3. The summed E-state index contributed by atoms with van der Waals surface area (Å²) in [5.74, 6) is -0.972. The van der Waals surface area contributed by atoms with Crippen LogP contribution >= 0.6 is 11.3 Å². The third-order valence-electron chi connectivity index (χ3n) is 4.37. The van der Waals surface area contributed by atoms with Crippen LogP contribution in [-0.2, 0) is 20.9 Å². The average molecular weight is 461 g/mol. The fraction of sp³-hybridized carbons (Fsp3) is 0.391. The molecular formula is C23H28N2O6S. The highest BCUT2D eigenvalue weighted by atomic mass is 32.1. The molecular weight excluding hydrogens is 432 g/mol. The summed E-state index contributed by atoms with van der Waals surface area (Å²) in [5.41, 5.74) is 0.384. The van der Waals surface area contributed by atoms with Gasteiger partial charge in [0.1, 0.15) is 12.3 Å². The van der Waals surface area contributed by atoms with E-state index in [1.165, 1.54) is 25.2 Å². The van der Waals surface area contributed by atoms with E-state index in [1.807, 2.05) is 0 Å². The van der Waals surface area contributed by atoms with E-state index in [9.17, 15) is 19.2 Å². The standard InChI is InChI=1S/C23H28N2O6S/c1-4-5-12-30-18-8-6-17(7-9-18)23(29)25-14-21(27)31-15(2)22(28)20-11-10-19(32-20)13-24-16(3)26/h6-11,15H,4-5,12-14H2,1-3H3,(H,24,26)(H,25,29). The second-order valence-electron chi connectivity index (χ2n) is 7.08. The molecule has 0 spiro atoms. The number of esters is 1. The maximum atomic E-state index is 12.5. The second-order valence-corrected chi connectivity index (χ2v) is 8.25. The first kappa shape index (κ1) is 25.1. The van der Waals surface area contributed by atoms with Crippen molar-refractivity contribution in [3.05, 3.63) is 51.7 Å². The average Bonchev–Trinajstić information content (AvgIpc) is 3.25. The number of hydrogen-bond acceptors (Lipinski definition) is 7. The van der Waals surface area contributed by atoms with Crippen LogP contribution < -0.4 is 15.4 Å². The van der Waals surface area contributed by atoms with Crippen molar-refractivity contribution in [3.63, 3.8) is 0 Å². The molecule has 0 bridgehead atoms. The largest absolute Gasteiger partial charge is 0.494 e. The highest BCUT2D eigenvalue weighted by molar-refractivity contribution is 7.14. The molecule has 1 unspecified atom stereocenters. The lowest BCUT2D eigenvalue weighted by Crippen LogP contribution is -2.33. The van der Waals surface area contributed by atoms with Crippen LogP contribution in [0.5, 0.6) is 5.75 Å². The number of ether oxygens (including phenoxy) is 2. The van der Waals surface area contributed by atoms with Crippen LogP contribution in [0.25, 0.3) is 0 Å². The topological polar surface area (TPSA) is 111 Å². The first-order valence-electron chi connectivity index (χ1n) is 10.4. The summed E-state index contributed by atoms with van der Waals surface area (Å²) in [6.07, 6.45) is 0.996. The first-order valence-corrected chi connectivity index (χ1v) is 11.2. The van der Waals surface area contributed by atoms with Crippen LogP contribution in [0, 0.1) is 0 Å². The molecule has 0 aliphatic carbocycles. The SMILES string of the molecule is CCCCOc1ccc(C(=O)NCC(=O)OC(C)C(=O)c2ccc(CNC(C)=O)s2)cc1. The molecule has 1 aromatic carbocycles. The predicted molar refractivity (Wildman–Crippen MR) is 121 cm³/mol. The van der Waals surface area contributed by atoms with Crippen molar-refractivity contribution in [2.24, 2.45) is 0 Å². The number of benzene rings is 1. The molecule has 0 radical (unpaired) electrons. The van der Waals surface area contributed by atoms with Gasteiger partial charge in [0.15, 0.2) is 6.10 Å². The number of carbonyl (C=O) groups excluding carboxylic acids is 4. The summed E-state index contributed by atoms with van der Waals surface area (Å²) in [6.45, 7) is 5.56. The lowest BCUT2D eigenvalue weighted by atomic mass is 10.2. The van der Waals surface area contributed by atoms with Crippen molar-refractivity contribution < 1.29 is 28.7 Å². The van der Waals surface area contributed by atoms with Crippen LogP contribution in [0.2, 0.25) is 0 Å². The van der Waals surface area contributed by atoms with E-state index >= 15 is 0 Å². The van der Waals surface area contributed by atoms with Crippen LogP contribution in [0.15, 0.2) is 36.4 Å². The van der Waals surface area contributed by atoms with E-state index in [4.69, 9.17) is 9.47 Å². The highest BCUT2D eigenvalue weighted by Crippen LogP contribution is 2.19. The summed E-state index contributed by atoms with van der Waals surface area (Å²) >= 11 is 1.23. The van der Waals surface area contributed by atoms with Crippen LogP contribution in [0.3, 0.4) is 0 Å². The Bertz CT molecular complexity index is 938. The molecule has 0 saturated carbocycles. The van der Waals surface area contributed by atoms with Crippen molar-refractivity contribution >= 4 is 34.9 Å². The van der Waals surface area contributed by atoms with Crippen LogP contribution in [-0.4, -0.2) is 42.8 Å². The van der Waals surface area contributed by atoms with Crippen molar-refractivity contribution in [2.75, 3.05) is 13.2 Å². The maximum Gasteiger partial charge on any atom is 0.326 e. The highest BCUT2D eigenvalue weighted by Gasteiger charge is 2.21. The molecule has 2 N–H and O–H groups in total. The van der Waals surface area contributed by atoms with Gasteiger partial charge in [0, 0.05) is 17.4 Å². The molecule has 32 heavy (non-hydrogen) atoms. The Balaban J connectivity index is 1.78. The van der Waals surface area contributed by atoms with Gasteiger partial charge in [0.2, 0.25) is 11.7 Å². The van der Waals surface area contributed by atoms with Gasteiger partial charge in [-0.3, -0.25) is 19.2 Å². The minimum atomic E-state index is -0.994. The smallest absolute Gasteiger partial charge is 0.326 e. The predicted octanol–water partition coefficient (Wildman–Crippen LogP) is 3.11. The van der Waals surface area contributed by atoms with Gasteiger partial charge >= 0.3 is 5.97 Å². The summed E-state index contributed by atoms with van der Waals surface area (Å²) in [4.78, 5) is 49.0. The van der Waals surface area contributed by atoms with E-state index in [2.05, 4.69) is 17.6 Å². The Morgan fingerprint density at radius 2 is 1.75 bits per heavy atom. The van der Waals surface area contributed by atoms with E-state index in [0.717, 1.165) is 17.7 Å². The molecule has 1 atom stereocenters. The number of rotatable bonds is 12. The number of hydrogen-bond donors (Lipinski definition) is 2. The van der Waals surface area contributed by atoms with E-state index in [0.29, 0.717) is 29.3 Å². The summed E-state index contributed by atoms with van der Waals surface area (Å²) in [6, 6.07) is 10.00. The Morgan fingerprint density at radius 1 is 1.03 bits per heavy atom. The van der Waals surface area contributed by atoms with E-state index in [1.54, 1.807) is 36.4 Å².